The van der Waals surface area contributed by atoms with Crippen LogP contribution in [0.25, 0.3) is 0 Å². The third kappa shape index (κ3) is 1.83. The smallest absolute Gasteiger partial charge is 0.0293 e. The van der Waals surface area contributed by atoms with Crippen molar-refractivity contribution in [2.24, 2.45) is 0 Å². The van der Waals surface area contributed by atoms with Crippen molar-refractivity contribution in [3.05, 3.63) is 0 Å². The molecule has 0 radical (unpaired) electrons. The van der Waals surface area contributed by atoms with Crippen LogP contribution in [0.2, 0.25) is 0 Å². The molecular weight excluding hydrogens is 239 g/mol. The highest BCUT2D eigenvalue weighted by Gasteiger charge is 2.24. The molecule has 0 N–H and O–H groups in total. The van der Waals surface area contributed by atoms with Crippen LogP contribution in [-0.2, 0) is 0 Å². The van der Waals surface area contributed by atoms with E-state index < -0.39 is 0 Å². The van der Waals surface area contributed by atoms with E-state index in [4.69, 9.17) is 0 Å². The number of hydrogen-bond acceptors (Lipinski definition) is 2. The van der Waals surface area contributed by atoms with E-state index in [2.05, 4.69) is 51.8 Å². The van der Waals surface area contributed by atoms with Gasteiger partial charge in [0.1, 0.15) is 0 Å². The molecule has 3 heteroatoms. The van der Waals surface area contributed by atoms with Crippen LogP contribution < -0.4 is 0 Å². The molecule has 60 valence electrons. The molecule has 1 rings (SSSR count). The first-order valence-corrected chi connectivity index (χ1v) is 4.70. The molecule has 0 unspecified atom stereocenters. The number of hydrogen-bond donors (Lipinski definition) is 0. The zero-order valence-corrected chi connectivity index (χ0v) is 9.00. The van der Waals surface area contributed by atoms with Gasteiger partial charge in [0.2, 0.25) is 0 Å². The lowest BCUT2D eigenvalue weighted by Crippen LogP contribution is -2.50. The molecule has 0 amide bonds. The fraction of sp³-hybridized carbons (Fsp3) is 1.00. The monoisotopic (exact) mass is 254 g/mol. The van der Waals surface area contributed by atoms with Gasteiger partial charge in [-0.3, -0.25) is 0 Å². The van der Waals surface area contributed by atoms with Gasteiger partial charge < -0.3 is 4.90 Å². The summed E-state index contributed by atoms with van der Waals surface area (Å²) < 4.78 is 2.39. The Labute approximate surface area is 77.1 Å². The molecule has 0 aromatic carbocycles. The Bertz CT molecular complexity index is 92.2. The molecule has 1 saturated heterocycles. The highest BCUT2D eigenvalue weighted by atomic mass is 127. The van der Waals surface area contributed by atoms with E-state index in [0.29, 0.717) is 12.1 Å². The average molecular weight is 254 g/mol. The summed E-state index contributed by atoms with van der Waals surface area (Å²) in [7, 11) is 2.20. The fourth-order valence-corrected chi connectivity index (χ4v) is 2.00. The van der Waals surface area contributed by atoms with Crippen LogP contribution in [-0.4, -0.2) is 40.2 Å². The van der Waals surface area contributed by atoms with E-state index in [9.17, 15) is 0 Å². The second-order valence-corrected chi connectivity index (χ2v) is 4.46. The summed E-state index contributed by atoms with van der Waals surface area (Å²) in [4.78, 5) is 2.42. The highest BCUT2D eigenvalue weighted by Crippen LogP contribution is 2.16. The second kappa shape index (κ2) is 3.36. The van der Waals surface area contributed by atoms with E-state index in [1.54, 1.807) is 0 Å². The van der Waals surface area contributed by atoms with E-state index >= 15 is 0 Å². The topological polar surface area (TPSA) is 6.48 Å². The van der Waals surface area contributed by atoms with Crippen LogP contribution in [0.5, 0.6) is 0 Å². The van der Waals surface area contributed by atoms with E-state index in [-0.39, 0.29) is 0 Å². The molecular formula is C7H15IN2. The fourth-order valence-electron chi connectivity index (χ4n) is 1.26. The van der Waals surface area contributed by atoms with Gasteiger partial charge in [-0.15, -0.1) is 0 Å². The molecule has 0 saturated carbocycles. The van der Waals surface area contributed by atoms with Crippen LogP contribution in [0.1, 0.15) is 13.8 Å². The maximum atomic E-state index is 2.42. The van der Waals surface area contributed by atoms with Crippen molar-refractivity contribution in [1.82, 2.24) is 8.01 Å². The molecule has 0 aliphatic carbocycles. The zero-order chi connectivity index (χ0) is 7.72. The Morgan fingerprint density at radius 3 is 2.30 bits per heavy atom. The first-order valence-electron chi connectivity index (χ1n) is 3.74. The van der Waals surface area contributed by atoms with Crippen LogP contribution in [0.4, 0.5) is 0 Å². The molecule has 0 aromatic rings. The van der Waals surface area contributed by atoms with E-state index in [0.717, 1.165) is 0 Å². The molecule has 2 atom stereocenters. The average Bonchev–Trinajstić information content (AvgIpc) is 1.84. The number of rotatable bonds is 0. The summed E-state index contributed by atoms with van der Waals surface area (Å²) in [5.74, 6) is 0. The van der Waals surface area contributed by atoms with Crippen molar-refractivity contribution in [2.45, 2.75) is 25.9 Å². The van der Waals surface area contributed by atoms with Gasteiger partial charge in [0.05, 0.1) is 0 Å². The van der Waals surface area contributed by atoms with Crippen LogP contribution >= 0.6 is 22.9 Å². The van der Waals surface area contributed by atoms with Gasteiger partial charge in [-0.1, -0.05) is 0 Å². The zero-order valence-electron chi connectivity index (χ0n) is 6.84. The summed E-state index contributed by atoms with van der Waals surface area (Å²) in [5.41, 5.74) is 0. The Hall–Kier alpha value is 0.650. The lowest BCUT2D eigenvalue weighted by Gasteiger charge is -2.38. The van der Waals surface area contributed by atoms with Crippen molar-refractivity contribution in [3.63, 3.8) is 0 Å². The Kier molecular flexibility index (Phi) is 2.94. The summed E-state index contributed by atoms with van der Waals surface area (Å²) in [5, 5.41) is 0. The standard InChI is InChI=1S/C7H15IN2/c1-6-5-10(8)7(2)4-9(6)3/h6-7H,4-5H2,1-3H3/t6-,7-/m0/s1. The number of nitrogens with zero attached hydrogens (tertiary/aromatic N) is 2. The number of piperazine rings is 1. The molecule has 1 aliphatic rings. The van der Waals surface area contributed by atoms with E-state index in [1.165, 1.54) is 13.1 Å². The summed E-state index contributed by atoms with van der Waals surface area (Å²) >= 11 is 2.41. The molecule has 0 spiro atoms. The maximum Gasteiger partial charge on any atom is 0.0293 e. The van der Waals surface area contributed by atoms with Crippen molar-refractivity contribution in [1.29, 1.82) is 0 Å². The molecule has 1 aliphatic heterocycles. The van der Waals surface area contributed by atoms with Gasteiger partial charge in [-0.05, 0) is 20.9 Å². The minimum atomic E-state index is 0.710. The van der Waals surface area contributed by atoms with Crippen LogP contribution in [0, 0.1) is 0 Å². The third-order valence-electron chi connectivity index (χ3n) is 2.22. The normalized spacial score (nSPS) is 38.4. The number of halogens is 1. The minimum absolute atomic E-state index is 0.710. The van der Waals surface area contributed by atoms with E-state index in [1.807, 2.05) is 0 Å². The molecule has 0 aromatic heterocycles. The summed E-state index contributed by atoms with van der Waals surface area (Å²) in [6.45, 7) is 6.94. The van der Waals surface area contributed by atoms with Gasteiger partial charge >= 0.3 is 0 Å². The maximum absolute atomic E-state index is 2.42. The lowest BCUT2D eigenvalue weighted by molar-refractivity contribution is 0.137. The molecule has 1 fully saturated rings. The van der Waals surface area contributed by atoms with Crippen molar-refractivity contribution < 1.29 is 0 Å². The Morgan fingerprint density at radius 1 is 1.20 bits per heavy atom. The number of likely N-dealkylation sites (N-methyl/N-ethyl adjacent to an activating group) is 1. The predicted molar refractivity (Wildman–Crippen MR) is 52.3 cm³/mol. The van der Waals surface area contributed by atoms with Gasteiger partial charge in [0, 0.05) is 48.0 Å². The summed E-state index contributed by atoms with van der Waals surface area (Å²) in [6.07, 6.45) is 0. The Morgan fingerprint density at radius 2 is 1.80 bits per heavy atom. The first kappa shape index (κ1) is 8.74. The molecule has 0 bridgehead atoms. The largest absolute Gasteiger partial charge is 0.301 e. The summed E-state index contributed by atoms with van der Waals surface area (Å²) in [6, 6.07) is 1.43. The van der Waals surface area contributed by atoms with Crippen molar-refractivity contribution in [3.8, 4) is 0 Å². The first-order chi connectivity index (χ1) is 4.61. The van der Waals surface area contributed by atoms with Crippen molar-refractivity contribution >= 4 is 22.9 Å². The predicted octanol–water partition coefficient (Wildman–Crippen LogP) is 1.36. The van der Waals surface area contributed by atoms with Crippen molar-refractivity contribution in [2.75, 3.05) is 20.1 Å². The second-order valence-electron chi connectivity index (χ2n) is 3.22. The quantitative estimate of drug-likeness (QED) is 0.475. The van der Waals surface area contributed by atoms with Gasteiger partial charge in [0.15, 0.2) is 0 Å². The van der Waals surface area contributed by atoms with Gasteiger partial charge in [-0.2, -0.15) is 0 Å². The van der Waals surface area contributed by atoms with Gasteiger partial charge in [-0.25, -0.2) is 3.11 Å². The molecule has 10 heavy (non-hydrogen) atoms. The Balaban J connectivity index is 2.46. The molecule has 2 nitrogen and oxygen atoms in total. The minimum Gasteiger partial charge on any atom is -0.301 e. The lowest BCUT2D eigenvalue weighted by atomic mass is 10.2. The van der Waals surface area contributed by atoms with Crippen LogP contribution in [0.3, 0.4) is 0 Å². The molecule has 1 heterocycles. The van der Waals surface area contributed by atoms with Gasteiger partial charge in [0.25, 0.3) is 0 Å². The SMILES string of the molecule is C[C@H]1CN(I)[C@@H](C)CN1C. The third-order valence-corrected chi connectivity index (χ3v) is 3.57. The highest BCUT2D eigenvalue weighted by molar-refractivity contribution is 14.1. The van der Waals surface area contributed by atoms with Crippen LogP contribution in [0.15, 0.2) is 0 Å².